The first-order valence-electron chi connectivity index (χ1n) is 6.50. The second-order valence-electron chi connectivity index (χ2n) is 4.97. The van der Waals surface area contributed by atoms with Crippen molar-refractivity contribution in [2.45, 2.75) is 25.9 Å². The highest BCUT2D eigenvalue weighted by molar-refractivity contribution is 9.10. The van der Waals surface area contributed by atoms with Crippen molar-refractivity contribution in [2.75, 3.05) is 5.73 Å². The number of nitrogen functional groups attached to an aromatic ring is 1. The van der Waals surface area contributed by atoms with Gasteiger partial charge in [0.1, 0.15) is 12.4 Å². The molecule has 0 heterocycles. The van der Waals surface area contributed by atoms with Crippen LogP contribution in [0.25, 0.3) is 0 Å². The third-order valence-corrected chi connectivity index (χ3v) is 3.91. The SMILES string of the molecule is Nc1cc(Br)cc(COc2ccc3c(c2)CCC3)c1. The Bertz CT molecular complexity index is 589. The lowest BCUT2D eigenvalue weighted by molar-refractivity contribution is 0.306. The number of ether oxygens (including phenoxy) is 1. The maximum Gasteiger partial charge on any atom is 0.120 e. The molecule has 1 aliphatic carbocycles. The summed E-state index contributed by atoms with van der Waals surface area (Å²) in [6, 6.07) is 12.3. The number of aryl methyl sites for hydroxylation is 2. The highest BCUT2D eigenvalue weighted by Crippen LogP contribution is 2.27. The average Bonchev–Trinajstić information content (AvgIpc) is 2.82. The molecular formula is C16H16BrNO. The number of halogens is 1. The zero-order valence-electron chi connectivity index (χ0n) is 10.7. The van der Waals surface area contributed by atoms with Gasteiger partial charge in [0.25, 0.3) is 0 Å². The van der Waals surface area contributed by atoms with E-state index in [0.29, 0.717) is 6.61 Å². The first kappa shape index (κ1) is 12.5. The van der Waals surface area contributed by atoms with Gasteiger partial charge in [0.15, 0.2) is 0 Å². The molecule has 2 aromatic rings. The number of anilines is 1. The number of fused-ring (bicyclic) bond motifs is 1. The maximum atomic E-state index is 5.85. The molecule has 0 amide bonds. The lowest BCUT2D eigenvalue weighted by Gasteiger charge is -2.09. The molecule has 3 rings (SSSR count). The van der Waals surface area contributed by atoms with Gasteiger partial charge in [0.2, 0.25) is 0 Å². The summed E-state index contributed by atoms with van der Waals surface area (Å²) >= 11 is 3.44. The van der Waals surface area contributed by atoms with Crippen LogP contribution < -0.4 is 10.5 Å². The minimum Gasteiger partial charge on any atom is -0.489 e. The quantitative estimate of drug-likeness (QED) is 0.865. The Morgan fingerprint density at radius 1 is 1.05 bits per heavy atom. The molecule has 2 nitrogen and oxygen atoms in total. The molecule has 0 bridgehead atoms. The summed E-state index contributed by atoms with van der Waals surface area (Å²) in [4.78, 5) is 0. The van der Waals surface area contributed by atoms with Crippen molar-refractivity contribution in [2.24, 2.45) is 0 Å². The lowest BCUT2D eigenvalue weighted by atomic mass is 10.1. The molecule has 19 heavy (non-hydrogen) atoms. The van der Waals surface area contributed by atoms with Crippen LogP contribution in [0.15, 0.2) is 40.9 Å². The van der Waals surface area contributed by atoms with Crippen molar-refractivity contribution in [3.63, 3.8) is 0 Å². The average molecular weight is 318 g/mol. The van der Waals surface area contributed by atoms with E-state index in [1.54, 1.807) is 0 Å². The maximum absolute atomic E-state index is 5.85. The fraction of sp³-hybridized carbons (Fsp3) is 0.250. The van der Waals surface area contributed by atoms with E-state index < -0.39 is 0 Å². The van der Waals surface area contributed by atoms with Crippen LogP contribution in [0.3, 0.4) is 0 Å². The molecule has 0 aromatic heterocycles. The molecule has 0 aliphatic heterocycles. The van der Waals surface area contributed by atoms with Crippen molar-refractivity contribution >= 4 is 21.6 Å². The predicted molar refractivity (Wildman–Crippen MR) is 81.4 cm³/mol. The smallest absolute Gasteiger partial charge is 0.120 e. The van der Waals surface area contributed by atoms with Crippen molar-refractivity contribution < 1.29 is 4.74 Å². The van der Waals surface area contributed by atoms with Crippen LogP contribution in [-0.4, -0.2) is 0 Å². The van der Waals surface area contributed by atoms with Crippen LogP contribution in [0.2, 0.25) is 0 Å². The fourth-order valence-corrected chi connectivity index (χ4v) is 3.12. The van der Waals surface area contributed by atoms with E-state index in [1.807, 2.05) is 18.2 Å². The summed E-state index contributed by atoms with van der Waals surface area (Å²) in [7, 11) is 0. The van der Waals surface area contributed by atoms with E-state index in [9.17, 15) is 0 Å². The van der Waals surface area contributed by atoms with E-state index in [2.05, 4.69) is 34.1 Å². The van der Waals surface area contributed by atoms with Gasteiger partial charge in [-0.3, -0.25) is 0 Å². The third-order valence-electron chi connectivity index (χ3n) is 3.46. The van der Waals surface area contributed by atoms with Gasteiger partial charge >= 0.3 is 0 Å². The molecule has 0 radical (unpaired) electrons. The van der Waals surface area contributed by atoms with Crippen molar-refractivity contribution in [3.8, 4) is 5.75 Å². The summed E-state index contributed by atoms with van der Waals surface area (Å²) < 4.78 is 6.84. The van der Waals surface area contributed by atoms with Crippen molar-refractivity contribution in [1.82, 2.24) is 0 Å². The molecule has 0 saturated carbocycles. The number of hydrogen-bond acceptors (Lipinski definition) is 2. The Morgan fingerprint density at radius 2 is 1.89 bits per heavy atom. The number of benzene rings is 2. The molecule has 0 saturated heterocycles. The highest BCUT2D eigenvalue weighted by atomic mass is 79.9. The normalized spacial score (nSPS) is 13.3. The van der Waals surface area contributed by atoms with E-state index in [-0.39, 0.29) is 0 Å². The zero-order valence-corrected chi connectivity index (χ0v) is 12.2. The summed E-state index contributed by atoms with van der Waals surface area (Å²) in [6.07, 6.45) is 3.65. The summed E-state index contributed by atoms with van der Waals surface area (Å²) in [5, 5.41) is 0. The van der Waals surface area contributed by atoms with E-state index in [4.69, 9.17) is 10.5 Å². The first-order valence-corrected chi connectivity index (χ1v) is 7.29. The number of rotatable bonds is 3. The molecule has 0 fully saturated rings. The number of hydrogen-bond donors (Lipinski definition) is 1. The highest BCUT2D eigenvalue weighted by Gasteiger charge is 2.11. The van der Waals surface area contributed by atoms with E-state index in [0.717, 1.165) is 21.5 Å². The minimum absolute atomic E-state index is 0.544. The van der Waals surface area contributed by atoms with Crippen LogP contribution in [0.5, 0.6) is 5.75 Å². The van der Waals surface area contributed by atoms with Gasteiger partial charge in [-0.15, -0.1) is 0 Å². The number of nitrogens with two attached hydrogens (primary N) is 1. The summed E-state index contributed by atoms with van der Waals surface area (Å²) in [5.74, 6) is 0.944. The standard InChI is InChI=1S/C16H16BrNO/c17-14-6-11(7-15(18)9-14)10-19-16-5-4-12-2-1-3-13(12)8-16/h4-9H,1-3,10,18H2. The topological polar surface area (TPSA) is 35.2 Å². The van der Waals surface area contributed by atoms with Gasteiger partial charge in [-0.1, -0.05) is 22.0 Å². The summed E-state index contributed by atoms with van der Waals surface area (Å²) in [6.45, 7) is 0.544. The molecule has 0 unspecified atom stereocenters. The Hall–Kier alpha value is -1.48. The third kappa shape index (κ3) is 2.92. The monoisotopic (exact) mass is 317 g/mol. The van der Waals surface area contributed by atoms with Crippen LogP contribution in [0.4, 0.5) is 5.69 Å². The fourth-order valence-electron chi connectivity index (χ4n) is 2.56. The van der Waals surface area contributed by atoms with E-state index in [1.165, 1.54) is 30.4 Å². The second-order valence-corrected chi connectivity index (χ2v) is 5.88. The molecule has 2 aromatic carbocycles. The van der Waals surface area contributed by atoms with Gasteiger partial charge in [0.05, 0.1) is 0 Å². The molecule has 0 atom stereocenters. The molecular weight excluding hydrogens is 302 g/mol. The Morgan fingerprint density at radius 3 is 2.74 bits per heavy atom. The molecule has 1 aliphatic rings. The predicted octanol–water partition coefficient (Wildman–Crippen LogP) is 4.10. The van der Waals surface area contributed by atoms with Crippen LogP contribution in [-0.2, 0) is 19.4 Å². The van der Waals surface area contributed by atoms with E-state index >= 15 is 0 Å². The van der Waals surface area contributed by atoms with Crippen LogP contribution in [0.1, 0.15) is 23.1 Å². The van der Waals surface area contributed by atoms with Crippen LogP contribution in [0, 0.1) is 0 Å². The van der Waals surface area contributed by atoms with Gasteiger partial charge in [-0.05, 0) is 66.3 Å². The molecule has 98 valence electrons. The van der Waals surface area contributed by atoms with Crippen molar-refractivity contribution in [3.05, 3.63) is 57.6 Å². The minimum atomic E-state index is 0.544. The Kier molecular flexibility index (Phi) is 3.47. The molecule has 2 N–H and O–H groups in total. The summed E-state index contributed by atoms with van der Waals surface area (Å²) in [5.41, 5.74) is 10.6. The lowest BCUT2D eigenvalue weighted by Crippen LogP contribution is -1.97. The first-order chi connectivity index (χ1) is 9.20. The molecule has 0 spiro atoms. The Labute approximate surface area is 121 Å². The molecule has 3 heteroatoms. The van der Waals surface area contributed by atoms with Crippen molar-refractivity contribution in [1.29, 1.82) is 0 Å². The van der Waals surface area contributed by atoms with Gasteiger partial charge in [0, 0.05) is 10.2 Å². The largest absolute Gasteiger partial charge is 0.489 e. The van der Waals surface area contributed by atoms with Gasteiger partial charge < -0.3 is 10.5 Å². The van der Waals surface area contributed by atoms with Gasteiger partial charge in [-0.2, -0.15) is 0 Å². The zero-order chi connectivity index (χ0) is 13.2. The van der Waals surface area contributed by atoms with Crippen LogP contribution >= 0.6 is 15.9 Å². The Balaban J connectivity index is 1.72. The second kappa shape index (κ2) is 5.25. The van der Waals surface area contributed by atoms with Gasteiger partial charge in [-0.25, -0.2) is 0 Å².